The van der Waals surface area contributed by atoms with Crippen molar-refractivity contribution in [2.24, 2.45) is 11.8 Å². The van der Waals surface area contributed by atoms with Crippen LogP contribution < -0.4 is 5.73 Å². The zero-order chi connectivity index (χ0) is 13.3. The number of aryl methyl sites for hydroxylation is 1. The van der Waals surface area contributed by atoms with E-state index in [1.165, 1.54) is 0 Å². The molecule has 3 nitrogen and oxygen atoms in total. The highest BCUT2D eigenvalue weighted by Gasteiger charge is 2.26. The van der Waals surface area contributed by atoms with Crippen LogP contribution in [0.1, 0.15) is 36.2 Å². The van der Waals surface area contributed by atoms with Crippen molar-refractivity contribution in [3.05, 3.63) is 29.3 Å². The molecule has 2 rings (SSSR count). The molecule has 18 heavy (non-hydrogen) atoms. The van der Waals surface area contributed by atoms with Crippen molar-refractivity contribution in [3.63, 3.8) is 0 Å². The quantitative estimate of drug-likeness (QED) is 0.774. The number of nitrogens with two attached hydrogens (primary N) is 1. The molecular formula is C15H22N2O. The maximum absolute atomic E-state index is 12.4. The molecular weight excluding hydrogens is 224 g/mol. The minimum atomic E-state index is 0.112. The number of carbonyl (C=O) groups is 1. The third-order valence-electron chi connectivity index (χ3n) is 4.15. The molecule has 1 saturated heterocycles. The average molecular weight is 246 g/mol. The standard InChI is InChI=1S/C15H22N2O/c1-10-6-7-17(9-12(10)3)15(18)13-5-4-11(2)14(16)8-13/h4-5,8,10,12H,6-7,9,16H2,1-3H3. The normalized spacial score (nSPS) is 24.1. The van der Waals surface area contributed by atoms with Gasteiger partial charge < -0.3 is 10.6 Å². The minimum Gasteiger partial charge on any atom is -0.398 e. The van der Waals surface area contributed by atoms with E-state index in [0.717, 1.165) is 25.1 Å². The lowest BCUT2D eigenvalue weighted by Crippen LogP contribution is -2.42. The average Bonchev–Trinajstić information content (AvgIpc) is 2.35. The first-order valence-corrected chi connectivity index (χ1v) is 6.64. The molecule has 2 unspecified atom stereocenters. The van der Waals surface area contributed by atoms with Crippen LogP contribution in [0.25, 0.3) is 0 Å². The van der Waals surface area contributed by atoms with Gasteiger partial charge in [-0.3, -0.25) is 4.79 Å². The van der Waals surface area contributed by atoms with Crippen molar-refractivity contribution in [1.82, 2.24) is 4.90 Å². The summed E-state index contributed by atoms with van der Waals surface area (Å²) < 4.78 is 0. The molecule has 0 spiro atoms. The Morgan fingerprint density at radius 1 is 1.33 bits per heavy atom. The summed E-state index contributed by atoms with van der Waals surface area (Å²) in [6.45, 7) is 8.14. The Labute approximate surface area is 109 Å². The van der Waals surface area contributed by atoms with E-state index < -0.39 is 0 Å². The Balaban J connectivity index is 2.14. The third-order valence-corrected chi connectivity index (χ3v) is 4.15. The number of anilines is 1. The van der Waals surface area contributed by atoms with E-state index in [1.807, 2.05) is 24.0 Å². The molecule has 1 aromatic rings. The van der Waals surface area contributed by atoms with Crippen molar-refractivity contribution in [2.75, 3.05) is 18.8 Å². The number of nitrogen functional groups attached to an aromatic ring is 1. The van der Waals surface area contributed by atoms with Gasteiger partial charge in [0.15, 0.2) is 0 Å². The molecule has 0 aliphatic carbocycles. The Morgan fingerprint density at radius 2 is 2.06 bits per heavy atom. The van der Waals surface area contributed by atoms with Gasteiger partial charge in [-0.05, 0) is 42.9 Å². The molecule has 2 atom stereocenters. The largest absolute Gasteiger partial charge is 0.398 e. The molecule has 1 aromatic carbocycles. The second kappa shape index (κ2) is 5.01. The van der Waals surface area contributed by atoms with Crippen LogP contribution in [0.3, 0.4) is 0 Å². The summed E-state index contributed by atoms with van der Waals surface area (Å²) in [5.41, 5.74) is 8.29. The number of hydrogen-bond donors (Lipinski definition) is 1. The molecule has 0 aromatic heterocycles. The van der Waals surface area contributed by atoms with Gasteiger partial charge in [0, 0.05) is 24.3 Å². The Bertz CT molecular complexity index is 456. The Morgan fingerprint density at radius 3 is 2.67 bits per heavy atom. The smallest absolute Gasteiger partial charge is 0.253 e. The van der Waals surface area contributed by atoms with Crippen LogP contribution in [-0.2, 0) is 0 Å². The number of amides is 1. The zero-order valence-corrected chi connectivity index (χ0v) is 11.4. The molecule has 1 aliphatic heterocycles. The summed E-state index contributed by atoms with van der Waals surface area (Å²) in [5, 5.41) is 0. The fourth-order valence-electron chi connectivity index (χ4n) is 2.40. The molecule has 0 saturated carbocycles. The van der Waals surface area contributed by atoms with Gasteiger partial charge in [-0.2, -0.15) is 0 Å². The highest BCUT2D eigenvalue weighted by atomic mass is 16.2. The third kappa shape index (κ3) is 2.50. The summed E-state index contributed by atoms with van der Waals surface area (Å²) in [4.78, 5) is 14.3. The van der Waals surface area contributed by atoms with E-state index >= 15 is 0 Å². The summed E-state index contributed by atoms with van der Waals surface area (Å²) in [5.74, 6) is 1.39. The van der Waals surface area contributed by atoms with Crippen LogP contribution in [0.4, 0.5) is 5.69 Å². The van der Waals surface area contributed by atoms with Crippen LogP contribution in [0.5, 0.6) is 0 Å². The van der Waals surface area contributed by atoms with E-state index in [0.29, 0.717) is 23.1 Å². The molecule has 3 heteroatoms. The highest BCUT2D eigenvalue weighted by molar-refractivity contribution is 5.95. The lowest BCUT2D eigenvalue weighted by molar-refractivity contribution is 0.0627. The van der Waals surface area contributed by atoms with Gasteiger partial charge in [0.05, 0.1) is 0 Å². The number of hydrogen-bond acceptors (Lipinski definition) is 2. The molecule has 1 fully saturated rings. The van der Waals surface area contributed by atoms with E-state index in [1.54, 1.807) is 6.07 Å². The molecule has 1 aliphatic rings. The van der Waals surface area contributed by atoms with E-state index in [-0.39, 0.29) is 5.91 Å². The number of nitrogens with zero attached hydrogens (tertiary/aromatic N) is 1. The number of likely N-dealkylation sites (tertiary alicyclic amines) is 1. The number of piperidine rings is 1. The van der Waals surface area contributed by atoms with Gasteiger partial charge in [0.1, 0.15) is 0 Å². The van der Waals surface area contributed by atoms with Gasteiger partial charge in [-0.25, -0.2) is 0 Å². The number of carbonyl (C=O) groups excluding carboxylic acids is 1. The maximum atomic E-state index is 12.4. The Kier molecular flexibility index (Phi) is 3.60. The first-order valence-electron chi connectivity index (χ1n) is 6.64. The summed E-state index contributed by atoms with van der Waals surface area (Å²) >= 11 is 0. The van der Waals surface area contributed by atoms with Crippen LogP contribution in [0, 0.1) is 18.8 Å². The van der Waals surface area contributed by atoms with Crippen molar-refractivity contribution in [2.45, 2.75) is 27.2 Å². The summed E-state index contributed by atoms with van der Waals surface area (Å²) in [6.07, 6.45) is 1.09. The highest BCUT2D eigenvalue weighted by Crippen LogP contribution is 2.24. The number of rotatable bonds is 1. The predicted octanol–water partition coefficient (Wildman–Crippen LogP) is 2.70. The number of benzene rings is 1. The minimum absolute atomic E-state index is 0.112. The summed E-state index contributed by atoms with van der Waals surface area (Å²) in [6, 6.07) is 5.58. The summed E-state index contributed by atoms with van der Waals surface area (Å²) in [7, 11) is 0. The molecule has 0 radical (unpaired) electrons. The Hall–Kier alpha value is -1.51. The molecule has 1 amide bonds. The molecule has 2 N–H and O–H groups in total. The fraction of sp³-hybridized carbons (Fsp3) is 0.533. The molecule has 98 valence electrons. The molecule has 0 bridgehead atoms. The molecule has 1 heterocycles. The van der Waals surface area contributed by atoms with Gasteiger partial charge in [-0.15, -0.1) is 0 Å². The van der Waals surface area contributed by atoms with E-state index in [4.69, 9.17) is 5.73 Å². The van der Waals surface area contributed by atoms with E-state index in [2.05, 4.69) is 13.8 Å². The lowest BCUT2D eigenvalue weighted by Gasteiger charge is -2.35. The maximum Gasteiger partial charge on any atom is 0.253 e. The van der Waals surface area contributed by atoms with Gasteiger partial charge in [0.2, 0.25) is 0 Å². The first kappa shape index (κ1) is 12.9. The predicted molar refractivity (Wildman–Crippen MR) is 74.4 cm³/mol. The van der Waals surface area contributed by atoms with Crippen molar-refractivity contribution in [3.8, 4) is 0 Å². The second-order valence-electron chi connectivity index (χ2n) is 5.57. The first-order chi connectivity index (χ1) is 8.49. The van der Waals surface area contributed by atoms with Gasteiger partial charge in [0.25, 0.3) is 5.91 Å². The van der Waals surface area contributed by atoms with Crippen molar-refractivity contribution in [1.29, 1.82) is 0 Å². The van der Waals surface area contributed by atoms with Gasteiger partial charge in [-0.1, -0.05) is 19.9 Å². The SMILES string of the molecule is Cc1ccc(C(=O)N2CCC(C)C(C)C2)cc1N. The fourth-order valence-corrected chi connectivity index (χ4v) is 2.40. The topological polar surface area (TPSA) is 46.3 Å². The van der Waals surface area contributed by atoms with Crippen molar-refractivity contribution >= 4 is 11.6 Å². The van der Waals surface area contributed by atoms with E-state index in [9.17, 15) is 4.79 Å². The van der Waals surface area contributed by atoms with Crippen LogP contribution in [0.2, 0.25) is 0 Å². The van der Waals surface area contributed by atoms with Crippen LogP contribution in [0.15, 0.2) is 18.2 Å². The second-order valence-corrected chi connectivity index (χ2v) is 5.57. The van der Waals surface area contributed by atoms with Crippen LogP contribution in [-0.4, -0.2) is 23.9 Å². The van der Waals surface area contributed by atoms with Crippen LogP contribution >= 0.6 is 0 Å². The van der Waals surface area contributed by atoms with Gasteiger partial charge >= 0.3 is 0 Å². The monoisotopic (exact) mass is 246 g/mol. The zero-order valence-electron chi connectivity index (χ0n) is 11.4. The van der Waals surface area contributed by atoms with Crippen molar-refractivity contribution < 1.29 is 4.79 Å². The lowest BCUT2D eigenvalue weighted by atomic mass is 9.88.